The molecule has 3 aliphatic carbocycles. The largest absolute Gasteiger partial charge is 0.471 e. The van der Waals surface area contributed by atoms with Gasteiger partial charge in [0.25, 0.3) is 11.8 Å². The van der Waals surface area contributed by atoms with E-state index in [-0.39, 0.29) is 48.8 Å². The summed E-state index contributed by atoms with van der Waals surface area (Å²) >= 11 is 0. The Labute approximate surface area is 323 Å². The van der Waals surface area contributed by atoms with E-state index >= 15 is 0 Å². The van der Waals surface area contributed by atoms with Crippen molar-refractivity contribution in [3.05, 3.63) is 59.4 Å². The van der Waals surface area contributed by atoms with E-state index in [2.05, 4.69) is 30.5 Å². The van der Waals surface area contributed by atoms with Gasteiger partial charge in [0.15, 0.2) is 11.5 Å². The molecular weight excluding hydrogens is 746 g/mol. The van der Waals surface area contributed by atoms with Crippen LogP contribution in [0.1, 0.15) is 112 Å². The van der Waals surface area contributed by atoms with Crippen LogP contribution in [0.4, 0.5) is 4.39 Å². The zero-order valence-corrected chi connectivity index (χ0v) is 32.2. The predicted molar refractivity (Wildman–Crippen MR) is 199 cm³/mol. The van der Waals surface area contributed by atoms with Crippen molar-refractivity contribution in [3.8, 4) is 5.88 Å². The molecule has 5 atom stereocenters. The summed E-state index contributed by atoms with van der Waals surface area (Å²) in [6.45, 7) is 3.32. The first-order valence-corrected chi connectivity index (χ1v) is 21.0. The Kier molecular flexibility index (Phi) is 9.86. The molecule has 1 saturated heterocycles. The first kappa shape index (κ1) is 38.0. The molecule has 3 saturated carbocycles. The lowest BCUT2D eigenvalue weighted by Crippen LogP contribution is -2.58. The Hall–Kier alpha value is -4.93. The van der Waals surface area contributed by atoms with Gasteiger partial charge in [-0.05, 0) is 76.8 Å². The van der Waals surface area contributed by atoms with Gasteiger partial charge in [0, 0.05) is 24.3 Å². The lowest BCUT2D eigenvalue weighted by molar-refractivity contribution is -0.141. The highest BCUT2D eigenvalue weighted by molar-refractivity contribution is 7.91. The van der Waals surface area contributed by atoms with Crippen molar-refractivity contribution in [1.29, 1.82) is 0 Å². The highest BCUT2D eigenvalue weighted by atomic mass is 32.2. The number of fused-ring (bicyclic) bond motifs is 3. The van der Waals surface area contributed by atoms with Crippen LogP contribution in [0.2, 0.25) is 0 Å². The molecule has 3 N–H and O–H groups in total. The first-order chi connectivity index (χ1) is 26.8. The number of aryl methyl sites for hydroxylation is 1. The van der Waals surface area contributed by atoms with Crippen LogP contribution in [-0.4, -0.2) is 87.1 Å². The normalized spacial score (nSPS) is 28.2. The lowest BCUT2D eigenvalue weighted by Gasteiger charge is -2.30. The minimum Gasteiger partial charge on any atom is -0.471 e. The van der Waals surface area contributed by atoms with Crippen molar-refractivity contribution in [2.75, 3.05) is 6.54 Å². The van der Waals surface area contributed by atoms with Gasteiger partial charge >= 0.3 is 0 Å². The molecule has 5 aliphatic rings. The minimum atomic E-state index is -4.02. The van der Waals surface area contributed by atoms with Gasteiger partial charge in [0.2, 0.25) is 27.7 Å². The lowest BCUT2D eigenvalue weighted by atomic mass is 10.0. The number of hydrogen-bond donors (Lipinski definition) is 3. The van der Waals surface area contributed by atoms with Crippen molar-refractivity contribution >= 4 is 44.7 Å². The van der Waals surface area contributed by atoms with Gasteiger partial charge in [-0.2, -0.15) is 0 Å². The number of aromatic nitrogens is 3. The smallest absolute Gasteiger partial charge is 0.274 e. The molecule has 0 radical (unpaired) electrons. The molecule has 17 heteroatoms. The van der Waals surface area contributed by atoms with Crippen molar-refractivity contribution < 1.29 is 41.2 Å². The molecule has 4 heterocycles. The van der Waals surface area contributed by atoms with Crippen molar-refractivity contribution in [1.82, 2.24) is 35.4 Å². The van der Waals surface area contributed by atoms with Crippen LogP contribution in [0.5, 0.6) is 5.88 Å². The maximum atomic E-state index is 14.8. The maximum absolute atomic E-state index is 14.8. The standard InChI is InChI=1S/C39H46FN7O8S/c1-3-26-35(43-32-25(40)11-9-13-27(32)41-26)54-24-18-30-34(49)44-39(37(51)46-56(52,53)38(2)16-17-38)20-23(39)10-7-5-4-6-8-12-28(36(50)47(30)21-24)42-33(48)29-19-31(55-45-29)22-14-15-22/h7,9-11,13,19,22-24,28,30H,3-6,8,12,14-18,20-21H2,1-2H3,(H,42,48)(H,44,49)(H,46,51)/b10-7-/t23?,24-,28+,30+,39-/m1/s1. The van der Waals surface area contributed by atoms with E-state index in [1.165, 1.54) is 17.0 Å². The van der Waals surface area contributed by atoms with Crippen LogP contribution < -0.4 is 20.1 Å². The summed E-state index contributed by atoms with van der Waals surface area (Å²) in [5.74, 6) is -2.78. The number of carbonyl (C=O) groups is 4. The number of nitrogens with zero attached hydrogens (tertiary/aromatic N) is 4. The van der Waals surface area contributed by atoms with Crippen LogP contribution in [0, 0.1) is 11.7 Å². The summed E-state index contributed by atoms with van der Waals surface area (Å²) in [7, 11) is -4.02. The van der Waals surface area contributed by atoms with Gasteiger partial charge in [-0.15, -0.1) is 0 Å². The van der Waals surface area contributed by atoms with Gasteiger partial charge in [-0.1, -0.05) is 43.1 Å². The fourth-order valence-electron chi connectivity index (χ4n) is 7.68. The number of allylic oxidation sites excluding steroid dienone is 1. The molecule has 8 rings (SSSR count). The number of para-hydroxylation sites is 1. The second-order valence-corrected chi connectivity index (χ2v) is 18.3. The molecule has 4 amide bonds. The van der Waals surface area contributed by atoms with E-state index in [1.807, 2.05) is 19.1 Å². The van der Waals surface area contributed by atoms with E-state index in [9.17, 15) is 32.0 Å². The number of benzene rings is 1. The zero-order valence-electron chi connectivity index (χ0n) is 31.4. The number of sulfonamides is 1. The number of amides is 4. The van der Waals surface area contributed by atoms with E-state index in [4.69, 9.17) is 9.26 Å². The van der Waals surface area contributed by atoms with E-state index < -0.39 is 73.9 Å². The Morgan fingerprint density at radius 3 is 2.68 bits per heavy atom. The third-order valence-electron chi connectivity index (χ3n) is 11.8. The van der Waals surface area contributed by atoms with Gasteiger partial charge < -0.3 is 24.8 Å². The highest BCUT2D eigenvalue weighted by Gasteiger charge is 2.63. The summed E-state index contributed by atoms with van der Waals surface area (Å²) in [5.41, 5.74) is -0.684. The Morgan fingerprint density at radius 2 is 1.93 bits per heavy atom. The van der Waals surface area contributed by atoms with Crippen LogP contribution >= 0.6 is 0 Å². The molecule has 0 bridgehead atoms. The molecule has 2 aliphatic heterocycles. The van der Waals surface area contributed by atoms with E-state index in [1.54, 1.807) is 19.1 Å². The molecule has 56 heavy (non-hydrogen) atoms. The summed E-state index contributed by atoms with van der Waals surface area (Å²) < 4.78 is 54.1. The molecule has 3 aromatic rings. The number of nitrogens with one attached hydrogen (secondary N) is 3. The molecule has 298 valence electrons. The minimum absolute atomic E-state index is 0.0117. The predicted octanol–water partition coefficient (Wildman–Crippen LogP) is 3.74. The second kappa shape index (κ2) is 14.5. The average Bonchev–Trinajstić information content (AvgIpc) is 4.14. The van der Waals surface area contributed by atoms with Crippen molar-refractivity contribution in [2.24, 2.45) is 5.92 Å². The fourth-order valence-corrected chi connectivity index (χ4v) is 8.99. The zero-order chi connectivity index (χ0) is 39.4. The van der Waals surface area contributed by atoms with Gasteiger partial charge in [-0.3, -0.25) is 23.9 Å². The average molecular weight is 792 g/mol. The SMILES string of the molecule is CCc1nc2cccc(F)c2nc1O[C@@H]1C[C@H]2C(=O)N[C@]3(C(=O)NS(=O)(=O)C4(C)CC4)CC3/C=C\CCCCC[C@H](NC(=O)c3cc(C4CC4)on3)C(=O)N2C1. The molecule has 0 spiro atoms. The van der Waals surface area contributed by atoms with E-state index in [0.717, 1.165) is 25.7 Å². The van der Waals surface area contributed by atoms with Crippen molar-refractivity contribution in [2.45, 2.75) is 125 Å². The van der Waals surface area contributed by atoms with Crippen LogP contribution in [0.3, 0.4) is 0 Å². The van der Waals surface area contributed by atoms with E-state index in [0.29, 0.717) is 49.1 Å². The second-order valence-electron chi connectivity index (χ2n) is 16.1. The number of halogens is 1. The highest BCUT2D eigenvalue weighted by Crippen LogP contribution is 2.47. The number of carbonyl (C=O) groups excluding carboxylic acids is 4. The molecule has 1 unspecified atom stereocenters. The molecule has 1 aromatic carbocycles. The summed E-state index contributed by atoms with van der Waals surface area (Å²) in [6, 6.07) is 3.81. The number of ether oxygens (including phenoxy) is 1. The van der Waals surface area contributed by atoms with Crippen LogP contribution in [0.15, 0.2) is 40.9 Å². The third-order valence-corrected chi connectivity index (χ3v) is 14.0. The molecule has 2 aromatic heterocycles. The maximum Gasteiger partial charge on any atom is 0.274 e. The van der Waals surface area contributed by atoms with Gasteiger partial charge in [0.1, 0.15) is 40.7 Å². The summed E-state index contributed by atoms with van der Waals surface area (Å²) in [5, 5.41) is 9.64. The Bertz CT molecular complexity index is 2220. The Balaban J connectivity index is 1.10. The van der Waals surface area contributed by atoms with Crippen LogP contribution in [-0.2, 0) is 30.8 Å². The fraction of sp³-hybridized carbons (Fsp3) is 0.564. The van der Waals surface area contributed by atoms with Gasteiger partial charge in [-0.25, -0.2) is 22.8 Å². The van der Waals surface area contributed by atoms with Crippen molar-refractivity contribution in [3.63, 3.8) is 0 Å². The summed E-state index contributed by atoms with van der Waals surface area (Å²) in [4.78, 5) is 66.8. The third kappa shape index (κ3) is 7.37. The first-order valence-electron chi connectivity index (χ1n) is 19.6. The monoisotopic (exact) mass is 791 g/mol. The molecular formula is C39H46FN7O8S. The molecule has 15 nitrogen and oxygen atoms in total. The number of rotatable bonds is 9. The number of hydrogen-bond acceptors (Lipinski definition) is 11. The Morgan fingerprint density at radius 1 is 1.12 bits per heavy atom. The van der Waals surface area contributed by atoms with Crippen LogP contribution in [0.25, 0.3) is 11.0 Å². The topological polar surface area (TPSA) is 203 Å². The summed E-state index contributed by atoms with van der Waals surface area (Å²) in [6.07, 6.45) is 9.26. The van der Waals surface area contributed by atoms with Gasteiger partial charge in [0.05, 0.1) is 16.8 Å². The quantitative estimate of drug-likeness (QED) is 0.267. The molecule has 4 fully saturated rings.